The number of nitrogens with two attached hydrogens (primary N) is 1. The number of fused-ring (bicyclic) bond motifs is 1. The van der Waals surface area contributed by atoms with Crippen molar-refractivity contribution in [2.45, 2.75) is 32.1 Å². The van der Waals surface area contributed by atoms with Crippen molar-refractivity contribution in [3.63, 3.8) is 0 Å². The summed E-state index contributed by atoms with van der Waals surface area (Å²) < 4.78 is 0. The number of rotatable bonds is 3. The summed E-state index contributed by atoms with van der Waals surface area (Å²) in [5, 5.41) is 8.81. The number of aliphatic carboxylic acids is 1. The minimum absolute atomic E-state index is 0.0660. The minimum atomic E-state index is -0.690. The van der Waals surface area contributed by atoms with Crippen LogP contribution in [0.2, 0.25) is 0 Å². The van der Waals surface area contributed by atoms with Crippen LogP contribution in [-0.4, -0.2) is 17.6 Å². The first-order valence-electron chi connectivity index (χ1n) is 5.07. The molecule has 0 aromatic carbocycles. The Morgan fingerprint density at radius 1 is 1.54 bits per heavy atom. The van der Waals surface area contributed by atoms with Crippen molar-refractivity contribution in [2.24, 2.45) is 23.0 Å². The van der Waals surface area contributed by atoms with Gasteiger partial charge in [-0.15, -0.1) is 0 Å². The van der Waals surface area contributed by atoms with Crippen LogP contribution in [0.1, 0.15) is 32.1 Å². The van der Waals surface area contributed by atoms with Gasteiger partial charge in [0.2, 0.25) is 0 Å². The van der Waals surface area contributed by atoms with E-state index in [1.807, 2.05) is 0 Å². The fraction of sp³-hybridized carbons (Fsp3) is 0.900. The number of carboxylic acids is 1. The average molecular weight is 183 g/mol. The lowest BCUT2D eigenvalue weighted by Gasteiger charge is -2.34. The Morgan fingerprint density at radius 2 is 2.31 bits per heavy atom. The molecule has 3 heteroatoms. The second-order valence-corrected chi connectivity index (χ2v) is 4.77. The van der Waals surface area contributed by atoms with Crippen molar-refractivity contribution < 1.29 is 9.90 Å². The number of carbonyl (C=O) groups is 1. The van der Waals surface area contributed by atoms with Gasteiger partial charge in [-0.05, 0) is 49.5 Å². The van der Waals surface area contributed by atoms with Crippen LogP contribution in [0.5, 0.6) is 0 Å². The normalized spacial score (nSPS) is 42.5. The van der Waals surface area contributed by atoms with E-state index < -0.39 is 5.97 Å². The van der Waals surface area contributed by atoms with E-state index in [-0.39, 0.29) is 11.8 Å². The van der Waals surface area contributed by atoms with Crippen molar-refractivity contribution in [1.29, 1.82) is 0 Å². The predicted molar refractivity (Wildman–Crippen MR) is 49.2 cm³/mol. The molecule has 0 aromatic rings. The van der Waals surface area contributed by atoms with Gasteiger partial charge in [0.15, 0.2) is 0 Å². The Hall–Kier alpha value is -0.570. The topological polar surface area (TPSA) is 63.3 Å². The first kappa shape index (κ1) is 9.00. The molecule has 0 radical (unpaired) electrons. The smallest absolute Gasteiger partial charge is 0.303 e. The van der Waals surface area contributed by atoms with Crippen LogP contribution in [0.4, 0.5) is 0 Å². The zero-order chi connectivity index (χ0) is 9.47. The molecule has 2 aliphatic rings. The molecule has 0 saturated heterocycles. The second kappa shape index (κ2) is 2.98. The van der Waals surface area contributed by atoms with E-state index in [0.717, 1.165) is 24.7 Å². The molecule has 3 N–H and O–H groups in total. The molecule has 13 heavy (non-hydrogen) atoms. The van der Waals surface area contributed by atoms with Gasteiger partial charge in [-0.25, -0.2) is 0 Å². The molecular formula is C10H17NO2. The maximum Gasteiger partial charge on any atom is 0.303 e. The van der Waals surface area contributed by atoms with Crippen molar-refractivity contribution in [3.05, 3.63) is 0 Å². The Bertz CT molecular complexity index is 229. The van der Waals surface area contributed by atoms with Gasteiger partial charge < -0.3 is 10.8 Å². The summed E-state index contributed by atoms with van der Waals surface area (Å²) in [4.78, 5) is 10.7. The van der Waals surface area contributed by atoms with Crippen molar-refractivity contribution in [1.82, 2.24) is 0 Å². The summed E-state index contributed by atoms with van der Waals surface area (Å²) >= 11 is 0. The molecule has 74 valence electrons. The van der Waals surface area contributed by atoms with Crippen LogP contribution >= 0.6 is 0 Å². The summed E-state index contributed by atoms with van der Waals surface area (Å²) in [6, 6.07) is 0. The zero-order valence-electron chi connectivity index (χ0n) is 7.83. The highest BCUT2D eigenvalue weighted by Gasteiger charge is 2.48. The lowest BCUT2D eigenvalue weighted by Crippen LogP contribution is -2.35. The fourth-order valence-corrected chi connectivity index (χ4v) is 2.80. The zero-order valence-corrected chi connectivity index (χ0v) is 7.83. The molecule has 3 atom stereocenters. The monoisotopic (exact) mass is 183 g/mol. The molecule has 2 saturated carbocycles. The van der Waals surface area contributed by atoms with Gasteiger partial charge in [-0.3, -0.25) is 4.79 Å². The highest BCUT2D eigenvalue weighted by atomic mass is 16.4. The molecule has 2 aliphatic carbocycles. The quantitative estimate of drug-likeness (QED) is 0.691. The molecule has 3 nitrogen and oxygen atoms in total. The maximum absolute atomic E-state index is 10.7. The molecule has 0 amide bonds. The van der Waals surface area contributed by atoms with Gasteiger partial charge in [0.25, 0.3) is 0 Å². The fourth-order valence-electron chi connectivity index (χ4n) is 2.80. The highest BCUT2D eigenvalue weighted by molar-refractivity contribution is 5.67. The molecule has 0 aliphatic heterocycles. The van der Waals surface area contributed by atoms with Gasteiger partial charge in [0.05, 0.1) is 6.42 Å². The molecule has 2 fully saturated rings. The first-order valence-corrected chi connectivity index (χ1v) is 5.07. The Morgan fingerprint density at radius 3 is 2.85 bits per heavy atom. The molecule has 0 unspecified atom stereocenters. The number of hydrogen-bond donors (Lipinski definition) is 2. The first-order chi connectivity index (χ1) is 6.15. The van der Waals surface area contributed by atoms with Gasteiger partial charge in [0.1, 0.15) is 0 Å². The highest BCUT2D eigenvalue weighted by Crippen LogP contribution is 2.56. The minimum Gasteiger partial charge on any atom is -0.481 e. The van der Waals surface area contributed by atoms with Crippen LogP contribution in [0, 0.1) is 17.3 Å². The van der Waals surface area contributed by atoms with E-state index >= 15 is 0 Å². The van der Waals surface area contributed by atoms with Crippen LogP contribution in [0.15, 0.2) is 0 Å². The van der Waals surface area contributed by atoms with Gasteiger partial charge in [0, 0.05) is 0 Å². The van der Waals surface area contributed by atoms with E-state index in [1.54, 1.807) is 0 Å². The second-order valence-electron chi connectivity index (χ2n) is 4.77. The molecule has 0 spiro atoms. The Labute approximate surface area is 78.3 Å². The summed E-state index contributed by atoms with van der Waals surface area (Å²) in [7, 11) is 0. The van der Waals surface area contributed by atoms with Gasteiger partial charge in [-0.2, -0.15) is 0 Å². The predicted octanol–water partition coefficient (Wildman–Crippen LogP) is 1.23. The lowest BCUT2D eigenvalue weighted by molar-refractivity contribution is -0.140. The number of carboxylic acid groups (broad SMARTS) is 1. The number of hydrogen-bond acceptors (Lipinski definition) is 2. The molecule has 0 aromatic heterocycles. The summed E-state index contributed by atoms with van der Waals surface area (Å²) in [5.41, 5.74) is 5.64. The van der Waals surface area contributed by atoms with Crippen molar-refractivity contribution in [2.75, 3.05) is 6.54 Å². The third-order valence-corrected chi connectivity index (χ3v) is 3.77. The van der Waals surface area contributed by atoms with Crippen LogP contribution in [0.25, 0.3) is 0 Å². The van der Waals surface area contributed by atoms with E-state index in [4.69, 9.17) is 10.8 Å². The maximum atomic E-state index is 10.7. The SMILES string of the molecule is NC[C@]1(CC(=O)O)CC[C@@H]2C[C@H]2C1. The molecule has 0 bridgehead atoms. The molecule has 0 heterocycles. The summed E-state index contributed by atoms with van der Waals surface area (Å²) in [6.45, 7) is 0.544. The largest absolute Gasteiger partial charge is 0.481 e. The average Bonchev–Trinajstić information content (AvgIpc) is 2.81. The molecule has 2 rings (SSSR count). The van der Waals surface area contributed by atoms with E-state index in [9.17, 15) is 4.79 Å². The van der Waals surface area contributed by atoms with E-state index in [2.05, 4.69) is 0 Å². The Kier molecular flexibility index (Phi) is 2.06. The van der Waals surface area contributed by atoms with E-state index in [0.29, 0.717) is 6.54 Å². The van der Waals surface area contributed by atoms with Crippen molar-refractivity contribution >= 4 is 5.97 Å². The third-order valence-electron chi connectivity index (χ3n) is 3.77. The summed E-state index contributed by atoms with van der Waals surface area (Å²) in [5.74, 6) is 1.02. The molecular weight excluding hydrogens is 166 g/mol. The standard InChI is InChI=1S/C10H17NO2/c11-6-10(5-9(12)13)2-1-7-3-8(7)4-10/h7-8H,1-6,11H2,(H,12,13)/t7-,8+,10-/m1/s1. The van der Waals surface area contributed by atoms with Crippen LogP contribution < -0.4 is 5.73 Å². The van der Waals surface area contributed by atoms with Gasteiger partial charge >= 0.3 is 5.97 Å². The van der Waals surface area contributed by atoms with Gasteiger partial charge in [-0.1, -0.05) is 0 Å². The van der Waals surface area contributed by atoms with Crippen LogP contribution in [0.3, 0.4) is 0 Å². The van der Waals surface area contributed by atoms with Crippen molar-refractivity contribution in [3.8, 4) is 0 Å². The lowest BCUT2D eigenvalue weighted by atomic mass is 9.72. The van der Waals surface area contributed by atoms with Crippen LogP contribution in [-0.2, 0) is 4.79 Å². The Balaban J connectivity index is 2.01. The van der Waals surface area contributed by atoms with E-state index in [1.165, 1.54) is 12.8 Å². The third kappa shape index (κ3) is 1.70. The summed E-state index contributed by atoms with van der Waals surface area (Å²) in [6.07, 6.45) is 4.88.